The van der Waals surface area contributed by atoms with Crippen LogP contribution >= 0.6 is 7.60 Å². The number of nitrogens with zero attached hydrogens (tertiary/aromatic N) is 1. The van der Waals surface area contributed by atoms with E-state index in [0.29, 0.717) is 5.69 Å². The fraction of sp³-hybridized carbons (Fsp3) is 0.429. The highest BCUT2D eigenvalue weighted by Crippen LogP contribution is 2.46. The third-order valence-corrected chi connectivity index (χ3v) is 3.48. The van der Waals surface area contributed by atoms with Gasteiger partial charge >= 0.3 is 7.60 Å². The van der Waals surface area contributed by atoms with Crippen LogP contribution in [0.3, 0.4) is 0 Å². The summed E-state index contributed by atoms with van der Waals surface area (Å²) in [5.74, 6) is -0.352. The average Bonchev–Trinajstić information content (AvgIpc) is 2.70. The third kappa shape index (κ3) is 2.51. The topological polar surface area (TPSA) is 81.3 Å². The second kappa shape index (κ2) is 4.50. The van der Waals surface area contributed by atoms with Crippen molar-refractivity contribution in [2.24, 2.45) is 0 Å². The van der Waals surface area contributed by atoms with Gasteiger partial charge in [0.25, 0.3) is 0 Å². The number of aromatic amines is 1. The van der Waals surface area contributed by atoms with Crippen molar-refractivity contribution in [1.82, 2.24) is 9.97 Å². The molecule has 14 heavy (non-hydrogen) atoms. The first-order chi connectivity index (χ1) is 6.61. The molecular weight excluding hydrogens is 207 g/mol. The van der Waals surface area contributed by atoms with E-state index in [9.17, 15) is 9.36 Å². The van der Waals surface area contributed by atoms with Crippen LogP contribution in [0.2, 0.25) is 0 Å². The van der Waals surface area contributed by atoms with Crippen molar-refractivity contribution in [2.75, 3.05) is 20.4 Å². The number of H-pyrrole nitrogens is 1. The first-order valence-electron chi connectivity index (χ1n) is 3.83. The van der Waals surface area contributed by atoms with Gasteiger partial charge in [0.05, 0.1) is 12.5 Å². The number of ketones is 1. The number of nitrogens with one attached hydrogen (secondary N) is 1. The van der Waals surface area contributed by atoms with Crippen molar-refractivity contribution in [3.05, 3.63) is 18.2 Å². The van der Waals surface area contributed by atoms with Gasteiger partial charge in [-0.1, -0.05) is 0 Å². The lowest BCUT2D eigenvalue weighted by Gasteiger charge is -2.11. The van der Waals surface area contributed by atoms with Crippen molar-refractivity contribution in [3.63, 3.8) is 0 Å². The molecule has 0 radical (unpaired) electrons. The Bertz CT molecular complexity index is 341. The normalized spacial score (nSPS) is 11.6. The van der Waals surface area contributed by atoms with Crippen LogP contribution in [0.25, 0.3) is 0 Å². The first kappa shape index (κ1) is 11.1. The molecule has 78 valence electrons. The first-order valence-corrected chi connectivity index (χ1v) is 5.56. The summed E-state index contributed by atoms with van der Waals surface area (Å²) in [5.41, 5.74) is 0.291. The van der Waals surface area contributed by atoms with Gasteiger partial charge < -0.3 is 14.0 Å². The molecule has 0 saturated carbocycles. The molecule has 0 aliphatic carbocycles. The van der Waals surface area contributed by atoms with E-state index in [1.165, 1.54) is 26.7 Å². The number of carbonyl (C=O) groups is 1. The average molecular weight is 218 g/mol. The van der Waals surface area contributed by atoms with Crippen LogP contribution in [0.15, 0.2) is 12.5 Å². The molecule has 0 atom stereocenters. The molecule has 1 rings (SSSR count). The van der Waals surface area contributed by atoms with Crippen LogP contribution in [0.5, 0.6) is 0 Å². The maximum atomic E-state index is 11.6. The summed E-state index contributed by atoms with van der Waals surface area (Å²) < 4.78 is 20.8. The molecule has 7 heteroatoms. The second-order valence-corrected chi connectivity index (χ2v) is 4.79. The van der Waals surface area contributed by atoms with E-state index in [1.54, 1.807) is 0 Å². The van der Waals surface area contributed by atoms with Gasteiger partial charge in [-0.2, -0.15) is 0 Å². The predicted octanol–water partition coefficient (Wildman–Crippen LogP) is 1.08. The maximum Gasteiger partial charge on any atom is 0.337 e. The van der Waals surface area contributed by atoms with Crippen molar-refractivity contribution >= 4 is 13.4 Å². The zero-order valence-corrected chi connectivity index (χ0v) is 8.78. The van der Waals surface area contributed by atoms with Crippen LogP contribution < -0.4 is 0 Å². The molecule has 0 aliphatic heterocycles. The zero-order chi connectivity index (χ0) is 10.6. The molecule has 0 spiro atoms. The van der Waals surface area contributed by atoms with Crippen molar-refractivity contribution in [2.45, 2.75) is 0 Å². The number of carbonyl (C=O) groups excluding carboxylic acids is 1. The summed E-state index contributed by atoms with van der Waals surface area (Å²) in [6, 6.07) is 0. The van der Waals surface area contributed by atoms with Gasteiger partial charge in [-0.05, 0) is 0 Å². The Morgan fingerprint density at radius 2 is 2.21 bits per heavy atom. The molecule has 0 aromatic carbocycles. The molecule has 0 fully saturated rings. The molecule has 1 aromatic rings. The lowest BCUT2D eigenvalue weighted by Crippen LogP contribution is -2.08. The van der Waals surface area contributed by atoms with E-state index >= 15 is 0 Å². The van der Waals surface area contributed by atoms with E-state index in [2.05, 4.69) is 19.0 Å². The molecular formula is C7H11N2O4P. The second-order valence-electron chi connectivity index (χ2n) is 2.52. The Morgan fingerprint density at radius 1 is 1.57 bits per heavy atom. The molecule has 0 unspecified atom stereocenters. The highest BCUT2D eigenvalue weighted by atomic mass is 31.2. The summed E-state index contributed by atoms with van der Waals surface area (Å²) in [7, 11) is -0.794. The molecule has 1 N–H and O–H groups in total. The quantitative estimate of drug-likeness (QED) is 0.590. The Morgan fingerprint density at radius 3 is 2.64 bits per heavy atom. The predicted molar refractivity (Wildman–Crippen MR) is 49.4 cm³/mol. The lowest BCUT2D eigenvalue weighted by molar-refractivity contribution is 0.100. The monoisotopic (exact) mass is 218 g/mol. The summed E-state index contributed by atoms with van der Waals surface area (Å²) in [4.78, 5) is 17.7. The van der Waals surface area contributed by atoms with Gasteiger partial charge in [-0.15, -0.1) is 0 Å². The molecule has 0 saturated heterocycles. The van der Waals surface area contributed by atoms with Crippen LogP contribution in [0.4, 0.5) is 0 Å². The molecule has 0 amide bonds. The smallest absolute Gasteiger partial charge is 0.337 e. The maximum absolute atomic E-state index is 11.6. The minimum Gasteiger partial charge on any atom is -0.342 e. The number of aromatic nitrogens is 2. The van der Waals surface area contributed by atoms with Crippen molar-refractivity contribution in [3.8, 4) is 0 Å². The molecule has 6 nitrogen and oxygen atoms in total. The van der Waals surface area contributed by atoms with Crippen LogP contribution in [0.1, 0.15) is 10.5 Å². The lowest BCUT2D eigenvalue weighted by atomic mass is 10.3. The Hall–Kier alpha value is -0.970. The van der Waals surface area contributed by atoms with E-state index in [1.807, 2.05) is 0 Å². The zero-order valence-electron chi connectivity index (χ0n) is 7.89. The van der Waals surface area contributed by atoms with Gasteiger partial charge in [0.15, 0.2) is 5.78 Å². The number of hydrogen-bond acceptors (Lipinski definition) is 5. The number of rotatable bonds is 5. The van der Waals surface area contributed by atoms with E-state index in [-0.39, 0.29) is 11.9 Å². The van der Waals surface area contributed by atoms with E-state index in [0.717, 1.165) is 0 Å². The summed E-state index contributed by atoms with van der Waals surface area (Å²) in [5, 5.41) is 0. The largest absolute Gasteiger partial charge is 0.342 e. The highest BCUT2D eigenvalue weighted by molar-refractivity contribution is 7.54. The molecule has 0 bridgehead atoms. The summed E-state index contributed by atoms with van der Waals surface area (Å²) in [6.07, 6.45) is 2.44. The van der Waals surface area contributed by atoms with E-state index in [4.69, 9.17) is 0 Å². The minimum absolute atomic E-state index is 0.289. The molecule has 1 heterocycles. The Balaban J connectivity index is 2.70. The summed E-state index contributed by atoms with van der Waals surface area (Å²) in [6.45, 7) is 0. The van der Waals surface area contributed by atoms with Gasteiger partial charge in [0, 0.05) is 14.2 Å². The molecule has 1 aromatic heterocycles. The number of hydrogen-bond donors (Lipinski definition) is 1. The fourth-order valence-corrected chi connectivity index (χ4v) is 1.80. The Kier molecular flexibility index (Phi) is 3.57. The SMILES string of the molecule is COP(=O)(CC(=O)c1cnc[nH]1)OC. The standard InChI is InChI=1S/C7H11N2O4P/c1-12-14(11,13-2)4-7(10)6-3-8-5-9-6/h3,5H,4H2,1-2H3,(H,8,9). The molecule has 0 aliphatic rings. The number of Topliss-reactive ketones (excluding diaryl/α,β-unsaturated/α-hetero) is 1. The van der Waals surface area contributed by atoms with Crippen molar-refractivity contribution in [1.29, 1.82) is 0 Å². The van der Waals surface area contributed by atoms with Crippen LogP contribution in [0, 0.1) is 0 Å². The third-order valence-electron chi connectivity index (χ3n) is 1.69. The van der Waals surface area contributed by atoms with Gasteiger partial charge in [0.1, 0.15) is 11.9 Å². The van der Waals surface area contributed by atoms with Crippen LogP contribution in [-0.4, -0.2) is 36.1 Å². The van der Waals surface area contributed by atoms with Gasteiger partial charge in [-0.3, -0.25) is 9.36 Å². The van der Waals surface area contributed by atoms with E-state index < -0.39 is 7.60 Å². The minimum atomic E-state index is -3.28. The highest BCUT2D eigenvalue weighted by Gasteiger charge is 2.26. The number of imidazole rings is 1. The summed E-state index contributed by atoms with van der Waals surface area (Å²) >= 11 is 0. The fourth-order valence-electron chi connectivity index (χ4n) is 0.873. The Labute approximate surface area is 81.2 Å². The van der Waals surface area contributed by atoms with Gasteiger partial charge in [0.2, 0.25) is 0 Å². The van der Waals surface area contributed by atoms with Crippen molar-refractivity contribution < 1.29 is 18.4 Å². The van der Waals surface area contributed by atoms with Crippen LogP contribution in [-0.2, 0) is 13.6 Å². The van der Waals surface area contributed by atoms with Gasteiger partial charge in [-0.25, -0.2) is 4.98 Å².